The molecule has 0 amide bonds. The van der Waals surface area contributed by atoms with Gasteiger partial charge in [-0.3, -0.25) is 0 Å². The Balaban J connectivity index is 2.18. The topological polar surface area (TPSA) is 28.7 Å². The highest BCUT2D eigenvalue weighted by Crippen LogP contribution is 2.26. The molecule has 3 aromatic rings. The highest BCUT2D eigenvalue weighted by Gasteiger charge is 2.06. The Morgan fingerprint density at radius 1 is 1.32 bits per heavy atom. The number of hydrogen-bond acceptors (Lipinski definition) is 2. The number of para-hydroxylation sites is 1. The summed E-state index contributed by atoms with van der Waals surface area (Å²) in [7, 11) is 2.02. The van der Waals surface area contributed by atoms with Gasteiger partial charge in [0.25, 0.3) is 0 Å². The van der Waals surface area contributed by atoms with Crippen LogP contribution in [0.5, 0.6) is 0 Å². The third-order valence-electron chi connectivity index (χ3n) is 3.18. The molecule has 0 radical (unpaired) electrons. The number of thiophene rings is 1. The van der Waals surface area contributed by atoms with E-state index in [1.807, 2.05) is 42.1 Å². The van der Waals surface area contributed by atoms with Crippen LogP contribution in [0.3, 0.4) is 0 Å². The number of fused-ring (bicyclic) bond motifs is 1. The van der Waals surface area contributed by atoms with Crippen LogP contribution < -0.4 is 0 Å². The van der Waals surface area contributed by atoms with Gasteiger partial charge in [-0.25, -0.2) is 0 Å². The van der Waals surface area contributed by atoms with E-state index in [1.165, 1.54) is 10.9 Å². The molecule has 0 aliphatic heterocycles. The molecule has 1 aromatic carbocycles. The van der Waals surface area contributed by atoms with Crippen molar-refractivity contribution < 1.29 is 0 Å². The standard InChI is InChI=1S/C16H12N2S/c1-18-10-14(15-4-2-3-5-16(15)18)8-13(9-17)12-6-7-19-11-12/h2-8,10-11H,1H3. The van der Waals surface area contributed by atoms with E-state index in [2.05, 4.69) is 29.0 Å². The lowest BCUT2D eigenvalue weighted by Crippen LogP contribution is -1.81. The molecule has 0 aliphatic rings. The van der Waals surface area contributed by atoms with Crippen LogP contribution in [-0.4, -0.2) is 4.57 Å². The zero-order valence-electron chi connectivity index (χ0n) is 10.5. The number of aromatic nitrogens is 1. The average molecular weight is 264 g/mol. The molecular weight excluding hydrogens is 252 g/mol. The molecule has 0 spiro atoms. The van der Waals surface area contributed by atoms with Crippen molar-refractivity contribution in [2.24, 2.45) is 7.05 Å². The zero-order valence-corrected chi connectivity index (χ0v) is 11.3. The summed E-state index contributed by atoms with van der Waals surface area (Å²) in [5.41, 5.74) is 3.95. The summed E-state index contributed by atoms with van der Waals surface area (Å²) in [5.74, 6) is 0. The van der Waals surface area contributed by atoms with E-state index < -0.39 is 0 Å². The Morgan fingerprint density at radius 2 is 2.16 bits per heavy atom. The third-order valence-corrected chi connectivity index (χ3v) is 3.86. The van der Waals surface area contributed by atoms with E-state index >= 15 is 0 Å². The number of nitriles is 1. The Labute approximate surface area is 115 Å². The third kappa shape index (κ3) is 2.07. The summed E-state index contributed by atoms with van der Waals surface area (Å²) in [5, 5.41) is 14.5. The quantitative estimate of drug-likeness (QED) is 0.634. The number of benzene rings is 1. The maximum Gasteiger partial charge on any atom is 0.0998 e. The monoisotopic (exact) mass is 264 g/mol. The van der Waals surface area contributed by atoms with Crippen molar-refractivity contribution in [2.45, 2.75) is 0 Å². The molecule has 2 nitrogen and oxygen atoms in total. The fraction of sp³-hybridized carbons (Fsp3) is 0.0625. The fourth-order valence-electron chi connectivity index (χ4n) is 2.24. The van der Waals surface area contributed by atoms with Crippen molar-refractivity contribution in [3.05, 3.63) is 58.4 Å². The van der Waals surface area contributed by atoms with Gasteiger partial charge in [-0.15, -0.1) is 0 Å². The summed E-state index contributed by atoms with van der Waals surface area (Å²) in [4.78, 5) is 0. The molecule has 0 atom stereocenters. The first-order valence-electron chi connectivity index (χ1n) is 5.98. The summed E-state index contributed by atoms with van der Waals surface area (Å²) in [6.07, 6.45) is 4.03. The summed E-state index contributed by atoms with van der Waals surface area (Å²) in [6.45, 7) is 0. The summed E-state index contributed by atoms with van der Waals surface area (Å²) < 4.78 is 2.09. The van der Waals surface area contributed by atoms with Crippen LogP contribution in [0.1, 0.15) is 11.1 Å². The zero-order chi connectivity index (χ0) is 13.2. The second kappa shape index (κ2) is 4.75. The van der Waals surface area contributed by atoms with Gasteiger partial charge in [-0.05, 0) is 29.0 Å². The molecular formula is C16H12N2S. The lowest BCUT2D eigenvalue weighted by atomic mass is 10.1. The van der Waals surface area contributed by atoms with E-state index in [0.29, 0.717) is 5.57 Å². The molecule has 2 aromatic heterocycles. The van der Waals surface area contributed by atoms with Gasteiger partial charge in [0.05, 0.1) is 11.6 Å². The van der Waals surface area contributed by atoms with Crippen molar-refractivity contribution in [3.63, 3.8) is 0 Å². The first-order valence-corrected chi connectivity index (χ1v) is 6.92. The van der Waals surface area contributed by atoms with Gasteiger partial charge in [0.15, 0.2) is 0 Å². The maximum absolute atomic E-state index is 9.32. The highest BCUT2D eigenvalue weighted by molar-refractivity contribution is 7.08. The molecule has 19 heavy (non-hydrogen) atoms. The number of hydrogen-bond donors (Lipinski definition) is 0. The van der Waals surface area contributed by atoms with Gasteiger partial charge in [0.2, 0.25) is 0 Å². The number of allylic oxidation sites excluding steroid dienone is 1. The SMILES string of the molecule is Cn1cc(C=C(C#N)c2ccsc2)c2ccccc21. The molecule has 0 N–H and O–H groups in total. The molecule has 0 fully saturated rings. The van der Waals surface area contributed by atoms with Gasteiger partial charge in [-0.2, -0.15) is 16.6 Å². The van der Waals surface area contributed by atoms with E-state index in [0.717, 1.165) is 11.1 Å². The lowest BCUT2D eigenvalue weighted by Gasteiger charge is -1.95. The lowest BCUT2D eigenvalue weighted by molar-refractivity contribution is 0.968. The van der Waals surface area contributed by atoms with Crippen LogP contribution in [0, 0.1) is 11.3 Å². The number of rotatable bonds is 2. The van der Waals surface area contributed by atoms with E-state index in [-0.39, 0.29) is 0 Å². The van der Waals surface area contributed by atoms with Crippen molar-refractivity contribution in [3.8, 4) is 6.07 Å². The molecule has 2 heterocycles. The smallest absolute Gasteiger partial charge is 0.0998 e. The van der Waals surface area contributed by atoms with Crippen molar-refractivity contribution >= 4 is 33.9 Å². The van der Waals surface area contributed by atoms with E-state index in [9.17, 15) is 5.26 Å². The van der Waals surface area contributed by atoms with Crippen LogP contribution in [0.4, 0.5) is 0 Å². The normalized spacial score (nSPS) is 11.7. The number of nitrogens with zero attached hydrogens (tertiary/aromatic N) is 2. The van der Waals surface area contributed by atoms with Crippen LogP contribution in [0.2, 0.25) is 0 Å². The summed E-state index contributed by atoms with van der Waals surface area (Å²) in [6, 6.07) is 12.5. The van der Waals surface area contributed by atoms with E-state index in [1.54, 1.807) is 11.3 Å². The van der Waals surface area contributed by atoms with Crippen LogP contribution >= 0.6 is 11.3 Å². The van der Waals surface area contributed by atoms with Crippen LogP contribution in [-0.2, 0) is 7.05 Å². The molecule has 92 valence electrons. The maximum atomic E-state index is 9.32. The predicted octanol–water partition coefficient (Wildman–Crippen LogP) is 4.30. The number of aryl methyl sites for hydroxylation is 1. The van der Waals surface area contributed by atoms with Crippen molar-refractivity contribution in [1.82, 2.24) is 4.57 Å². The Morgan fingerprint density at radius 3 is 2.89 bits per heavy atom. The molecule has 0 aliphatic carbocycles. The van der Waals surface area contributed by atoms with Gasteiger partial charge < -0.3 is 4.57 Å². The fourth-order valence-corrected chi connectivity index (χ4v) is 2.90. The molecule has 3 rings (SSSR count). The minimum Gasteiger partial charge on any atom is -0.350 e. The second-order valence-corrected chi connectivity index (χ2v) is 5.17. The average Bonchev–Trinajstić information content (AvgIpc) is 3.06. The van der Waals surface area contributed by atoms with Gasteiger partial charge >= 0.3 is 0 Å². The van der Waals surface area contributed by atoms with Gasteiger partial charge in [0, 0.05) is 35.3 Å². The van der Waals surface area contributed by atoms with Gasteiger partial charge in [0.1, 0.15) is 0 Å². The molecule has 0 unspecified atom stereocenters. The van der Waals surface area contributed by atoms with E-state index in [4.69, 9.17) is 0 Å². The molecule has 0 saturated carbocycles. The first kappa shape index (κ1) is 11.8. The molecule has 0 saturated heterocycles. The van der Waals surface area contributed by atoms with Gasteiger partial charge in [-0.1, -0.05) is 18.2 Å². The highest BCUT2D eigenvalue weighted by atomic mass is 32.1. The Hall–Kier alpha value is -2.31. The van der Waals surface area contributed by atoms with Crippen molar-refractivity contribution in [1.29, 1.82) is 5.26 Å². The molecule has 0 bridgehead atoms. The van der Waals surface area contributed by atoms with Crippen LogP contribution in [0.15, 0.2) is 47.3 Å². The Bertz CT molecular complexity index is 786. The second-order valence-electron chi connectivity index (χ2n) is 4.39. The van der Waals surface area contributed by atoms with Crippen LogP contribution in [0.25, 0.3) is 22.6 Å². The molecule has 3 heteroatoms. The Kier molecular flexibility index (Phi) is 2.94. The largest absolute Gasteiger partial charge is 0.350 e. The minimum absolute atomic E-state index is 0.706. The minimum atomic E-state index is 0.706. The first-order chi connectivity index (χ1) is 9.29. The summed E-state index contributed by atoms with van der Waals surface area (Å²) >= 11 is 1.61. The van der Waals surface area contributed by atoms with Crippen molar-refractivity contribution in [2.75, 3.05) is 0 Å². The predicted molar refractivity (Wildman–Crippen MR) is 80.7 cm³/mol.